The summed E-state index contributed by atoms with van der Waals surface area (Å²) in [6, 6.07) is 7.58. The number of carbonyl (C=O) groups is 2. The van der Waals surface area contributed by atoms with E-state index in [9.17, 15) is 9.59 Å². The summed E-state index contributed by atoms with van der Waals surface area (Å²) in [6.45, 7) is 3.69. The Morgan fingerprint density at radius 2 is 1.94 bits per heavy atom. The second kappa shape index (κ2) is 7.06. The largest absolute Gasteiger partial charge is 0.481 e. The zero-order valence-electron chi connectivity index (χ0n) is 10.5. The summed E-state index contributed by atoms with van der Waals surface area (Å²) < 4.78 is 0. The lowest BCUT2D eigenvalue weighted by Crippen LogP contribution is -2.35. The van der Waals surface area contributed by atoms with E-state index < -0.39 is 5.97 Å². The molecule has 0 bridgehead atoms. The van der Waals surface area contributed by atoms with Gasteiger partial charge in [-0.2, -0.15) is 0 Å². The maximum absolute atomic E-state index is 11.6. The Morgan fingerprint density at radius 1 is 1.33 bits per heavy atom. The van der Waals surface area contributed by atoms with Crippen LogP contribution in [0.15, 0.2) is 29.2 Å². The van der Waals surface area contributed by atoms with Crippen molar-refractivity contribution in [3.8, 4) is 0 Å². The third-order valence-electron chi connectivity index (χ3n) is 2.28. The van der Waals surface area contributed by atoms with E-state index in [1.807, 2.05) is 31.2 Å². The summed E-state index contributed by atoms with van der Waals surface area (Å²) in [6.07, 6.45) is -0.0546. The molecule has 1 amide bonds. The van der Waals surface area contributed by atoms with Crippen LogP contribution in [0.2, 0.25) is 0 Å². The highest BCUT2D eigenvalue weighted by Gasteiger charge is 2.10. The van der Waals surface area contributed by atoms with Gasteiger partial charge in [0.05, 0.1) is 12.2 Å². The van der Waals surface area contributed by atoms with Crippen molar-refractivity contribution in [2.24, 2.45) is 0 Å². The minimum atomic E-state index is -0.908. The first-order valence-electron chi connectivity index (χ1n) is 5.68. The molecular formula is C13H17NO3S. The fourth-order valence-electron chi connectivity index (χ4n) is 1.41. The number of carboxylic acids is 1. The predicted molar refractivity (Wildman–Crippen MR) is 71.8 cm³/mol. The molecule has 0 aliphatic heterocycles. The molecule has 98 valence electrons. The predicted octanol–water partition coefficient (Wildman–Crippen LogP) is 2.07. The minimum absolute atomic E-state index is 0.0546. The Labute approximate surface area is 111 Å². The van der Waals surface area contributed by atoms with Gasteiger partial charge in [0.2, 0.25) is 5.91 Å². The maximum atomic E-state index is 11.6. The number of aliphatic carboxylic acids is 1. The van der Waals surface area contributed by atoms with Gasteiger partial charge in [-0.1, -0.05) is 17.7 Å². The Kier molecular flexibility index (Phi) is 5.71. The summed E-state index contributed by atoms with van der Waals surface area (Å²) in [7, 11) is 0. The lowest BCUT2D eigenvalue weighted by molar-refractivity contribution is -0.137. The van der Waals surface area contributed by atoms with Gasteiger partial charge in [0.15, 0.2) is 0 Å². The van der Waals surface area contributed by atoms with Gasteiger partial charge in [0.25, 0.3) is 0 Å². The second-order valence-electron chi connectivity index (χ2n) is 4.17. The highest BCUT2D eigenvalue weighted by molar-refractivity contribution is 8.00. The van der Waals surface area contributed by atoms with Gasteiger partial charge in [0.1, 0.15) is 0 Å². The van der Waals surface area contributed by atoms with E-state index in [0.717, 1.165) is 4.90 Å². The summed E-state index contributed by atoms with van der Waals surface area (Å²) in [5.41, 5.74) is 1.18. The molecule has 0 aromatic heterocycles. The van der Waals surface area contributed by atoms with Gasteiger partial charge in [-0.25, -0.2) is 0 Å². The highest BCUT2D eigenvalue weighted by atomic mass is 32.2. The molecule has 0 spiro atoms. The monoisotopic (exact) mass is 267 g/mol. The van der Waals surface area contributed by atoms with Crippen LogP contribution >= 0.6 is 11.8 Å². The van der Waals surface area contributed by atoms with Gasteiger partial charge in [-0.05, 0) is 26.0 Å². The third kappa shape index (κ3) is 5.72. The summed E-state index contributed by atoms with van der Waals surface area (Å²) in [5.74, 6) is -0.754. The summed E-state index contributed by atoms with van der Waals surface area (Å²) in [5, 5.41) is 11.2. The molecule has 0 aliphatic carbocycles. The Hall–Kier alpha value is -1.49. The Bertz CT molecular complexity index is 417. The van der Waals surface area contributed by atoms with Crippen molar-refractivity contribution in [1.82, 2.24) is 5.32 Å². The quantitative estimate of drug-likeness (QED) is 0.774. The Morgan fingerprint density at radius 3 is 2.50 bits per heavy atom. The second-order valence-corrected chi connectivity index (χ2v) is 5.22. The lowest BCUT2D eigenvalue weighted by Gasteiger charge is -2.11. The first kappa shape index (κ1) is 14.6. The number of rotatable bonds is 6. The first-order valence-corrected chi connectivity index (χ1v) is 6.66. The van der Waals surface area contributed by atoms with Crippen molar-refractivity contribution in [1.29, 1.82) is 0 Å². The van der Waals surface area contributed by atoms with Crippen LogP contribution in [-0.4, -0.2) is 28.8 Å². The number of benzene rings is 1. The van der Waals surface area contributed by atoms with Crippen LogP contribution in [-0.2, 0) is 9.59 Å². The number of nitrogens with one attached hydrogen (secondary N) is 1. The van der Waals surface area contributed by atoms with Crippen LogP contribution in [0.4, 0.5) is 0 Å². The molecule has 0 saturated carbocycles. The molecule has 4 nitrogen and oxygen atoms in total. The van der Waals surface area contributed by atoms with Crippen molar-refractivity contribution < 1.29 is 14.7 Å². The number of thioether (sulfide) groups is 1. The molecule has 0 radical (unpaired) electrons. The smallest absolute Gasteiger partial charge is 0.305 e. The fourth-order valence-corrected chi connectivity index (χ4v) is 2.12. The van der Waals surface area contributed by atoms with Crippen LogP contribution in [0, 0.1) is 6.92 Å². The van der Waals surface area contributed by atoms with E-state index in [4.69, 9.17) is 5.11 Å². The maximum Gasteiger partial charge on any atom is 0.305 e. The molecule has 1 rings (SSSR count). The first-order chi connectivity index (χ1) is 8.47. The van der Waals surface area contributed by atoms with Gasteiger partial charge >= 0.3 is 5.97 Å². The van der Waals surface area contributed by atoms with E-state index in [0.29, 0.717) is 5.75 Å². The zero-order valence-corrected chi connectivity index (χ0v) is 11.3. The van der Waals surface area contributed by atoms with E-state index in [2.05, 4.69) is 5.32 Å². The average molecular weight is 267 g/mol. The number of hydrogen-bond donors (Lipinski definition) is 2. The number of amides is 1. The number of hydrogen-bond acceptors (Lipinski definition) is 3. The van der Waals surface area contributed by atoms with Crippen molar-refractivity contribution in [2.45, 2.75) is 31.2 Å². The van der Waals surface area contributed by atoms with Gasteiger partial charge in [-0.3, -0.25) is 9.59 Å². The Balaban J connectivity index is 2.32. The number of aryl methyl sites for hydroxylation is 1. The lowest BCUT2D eigenvalue weighted by atomic mass is 10.2. The molecule has 0 fully saturated rings. The topological polar surface area (TPSA) is 66.4 Å². The zero-order chi connectivity index (χ0) is 13.5. The minimum Gasteiger partial charge on any atom is -0.481 e. The molecule has 1 unspecified atom stereocenters. The molecule has 0 heterocycles. The van der Waals surface area contributed by atoms with Crippen LogP contribution in [0.3, 0.4) is 0 Å². The fraction of sp³-hybridized carbons (Fsp3) is 0.385. The molecule has 0 saturated heterocycles. The summed E-state index contributed by atoms with van der Waals surface area (Å²) >= 11 is 1.44. The summed E-state index contributed by atoms with van der Waals surface area (Å²) in [4.78, 5) is 23.0. The molecule has 1 atom stereocenters. The normalized spacial score (nSPS) is 11.9. The highest BCUT2D eigenvalue weighted by Crippen LogP contribution is 2.17. The van der Waals surface area contributed by atoms with E-state index in [1.54, 1.807) is 6.92 Å². The molecule has 2 N–H and O–H groups in total. The number of carbonyl (C=O) groups excluding carboxylic acids is 1. The average Bonchev–Trinajstić information content (AvgIpc) is 2.27. The van der Waals surface area contributed by atoms with Crippen LogP contribution in [0.5, 0.6) is 0 Å². The van der Waals surface area contributed by atoms with Crippen molar-refractivity contribution in [3.05, 3.63) is 29.8 Å². The van der Waals surface area contributed by atoms with Gasteiger partial charge in [-0.15, -0.1) is 11.8 Å². The van der Waals surface area contributed by atoms with Crippen LogP contribution in [0.25, 0.3) is 0 Å². The van der Waals surface area contributed by atoms with E-state index in [-0.39, 0.29) is 18.4 Å². The van der Waals surface area contributed by atoms with Crippen LogP contribution < -0.4 is 5.32 Å². The van der Waals surface area contributed by atoms with Crippen molar-refractivity contribution >= 4 is 23.6 Å². The number of carboxylic acid groups (broad SMARTS) is 1. The van der Waals surface area contributed by atoms with Gasteiger partial charge < -0.3 is 10.4 Å². The molecular weight excluding hydrogens is 250 g/mol. The van der Waals surface area contributed by atoms with Crippen molar-refractivity contribution in [3.63, 3.8) is 0 Å². The molecule has 5 heteroatoms. The molecule has 1 aromatic rings. The SMILES string of the molecule is Cc1ccc(SCC(=O)NC(C)CC(=O)O)cc1. The third-order valence-corrected chi connectivity index (χ3v) is 3.29. The molecule has 0 aliphatic rings. The molecule has 1 aromatic carbocycles. The molecule has 18 heavy (non-hydrogen) atoms. The van der Waals surface area contributed by atoms with Crippen molar-refractivity contribution in [2.75, 3.05) is 5.75 Å². The van der Waals surface area contributed by atoms with Crippen LogP contribution in [0.1, 0.15) is 18.9 Å². The van der Waals surface area contributed by atoms with Gasteiger partial charge in [0, 0.05) is 10.9 Å². The standard InChI is InChI=1S/C13H17NO3S/c1-9-3-5-11(6-4-9)18-8-12(15)14-10(2)7-13(16)17/h3-6,10H,7-8H2,1-2H3,(H,14,15)(H,16,17). The van der Waals surface area contributed by atoms with E-state index >= 15 is 0 Å². The van der Waals surface area contributed by atoms with E-state index in [1.165, 1.54) is 17.3 Å².